The Morgan fingerprint density at radius 1 is 0.839 bits per heavy atom. The van der Waals surface area contributed by atoms with Crippen LogP contribution in [0.2, 0.25) is 0 Å². The molecule has 1 aliphatic rings. The number of nitrogen functional groups attached to an aromatic ring is 1. The third-order valence-electron chi connectivity index (χ3n) is 5.99. The van der Waals surface area contributed by atoms with Gasteiger partial charge in [-0.05, 0) is 28.5 Å². The third kappa shape index (κ3) is 4.07. The second-order valence-electron chi connectivity index (χ2n) is 8.01. The average molecular weight is 412 g/mol. The maximum absolute atomic E-state index is 12.9. The van der Waals surface area contributed by atoms with Gasteiger partial charge in [-0.25, -0.2) is 9.97 Å². The zero-order valence-corrected chi connectivity index (χ0v) is 17.4. The van der Waals surface area contributed by atoms with E-state index in [1.165, 1.54) is 5.39 Å². The van der Waals surface area contributed by atoms with Gasteiger partial charge < -0.3 is 10.6 Å². The Hall–Kier alpha value is -3.51. The van der Waals surface area contributed by atoms with Crippen LogP contribution in [0.3, 0.4) is 0 Å². The number of carbonyl (C=O) groups is 1. The molecule has 3 aromatic carbocycles. The maximum atomic E-state index is 12.9. The maximum Gasteiger partial charge on any atom is 0.227 e. The molecule has 0 unspecified atom stereocenters. The van der Waals surface area contributed by atoms with E-state index in [9.17, 15) is 4.79 Å². The Labute approximate surface area is 181 Å². The minimum Gasteiger partial charge on any atom is -0.383 e. The molecule has 1 fully saturated rings. The summed E-state index contributed by atoms with van der Waals surface area (Å²) in [5.41, 5.74) is 8.07. The summed E-state index contributed by atoms with van der Waals surface area (Å²) in [5.74, 6) is 1.43. The Morgan fingerprint density at radius 3 is 2.39 bits per heavy atom. The molecule has 31 heavy (non-hydrogen) atoms. The van der Waals surface area contributed by atoms with E-state index in [2.05, 4.69) is 39.1 Å². The molecule has 6 nitrogen and oxygen atoms in total. The lowest BCUT2D eigenvalue weighted by atomic mass is 10.0. The van der Waals surface area contributed by atoms with Gasteiger partial charge in [0.05, 0.1) is 18.5 Å². The minimum atomic E-state index is 0.183. The van der Waals surface area contributed by atoms with E-state index in [4.69, 9.17) is 5.73 Å². The van der Waals surface area contributed by atoms with Gasteiger partial charge in [0.2, 0.25) is 5.91 Å². The molecule has 2 heterocycles. The van der Waals surface area contributed by atoms with Crippen LogP contribution >= 0.6 is 0 Å². The van der Waals surface area contributed by atoms with Crippen molar-refractivity contribution in [3.05, 3.63) is 78.1 Å². The molecule has 0 aliphatic carbocycles. The fourth-order valence-electron chi connectivity index (χ4n) is 4.30. The smallest absolute Gasteiger partial charge is 0.227 e. The van der Waals surface area contributed by atoms with E-state index >= 15 is 0 Å². The van der Waals surface area contributed by atoms with E-state index in [1.807, 2.05) is 47.4 Å². The van der Waals surface area contributed by atoms with Crippen molar-refractivity contribution in [2.75, 3.05) is 31.9 Å². The highest BCUT2D eigenvalue weighted by molar-refractivity contribution is 5.90. The van der Waals surface area contributed by atoms with Gasteiger partial charge in [-0.15, -0.1) is 0 Å². The van der Waals surface area contributed by atoms with Crippen molar-refractivity contribution in [2.24, 2.45) is 0 Å². The number of hydrogen-bond donors (Lipinski definition) is 1. The van der Waals surface area contributed by atoms with Crippen molar-refractivity contribution in [2.45, 2.75) is 13.0 Å². The summed E-state index contributed by atoms with van der Waals surface area (Å²) in [6, 6.07) is 22.2. The summed E-state index contributed by atoms with van der Waals surface area (Å²) in [4.78, 5) is 26.3. The van der Waals surface area contributed by atoms with Gasteiger partial charge in [-0.2, -0.15) is 0 Å². The molecule has 1 aromatic heterocycles. The third-order valence-corrected chi connectivity index (χ3v) is 5.99. The number of fused-ring (bicyclic) bond motifs is 2. The fraction of sp³-hybridized carbons (Fsp3) is 0.240. The predicted octanol–water partition coefficient (Wildman–Crippen LogP) is 3.25. The van der Waals surface area contributed by atoms with Crippen LogP contribution in [0.1, 0.15) is 11.4 Å². The molecule has 0 bridgehead atoms. The van der Waals surface area contributed by atoms with Crippen molar-refractivity contribution >= 4 is 33.4 Å². The highest BCUT2D eigenvalue weighted by atomic mass is 16.2. The monoisotopic (exact) mass is 411 g/mol. The van der Waals surface area contributed by atoms with Crippen molar-refractivity contribution in [3.8, 4) is 0 Å². The van der Waals surface area contributed by atoms with Crippen molar-refractivity contribution in [1.29, 1.82) is 0 Å². The number of anilines is 1. The Morgan fingerprint density at radius 2 is 1.55 bits per heavy atom. The van der Waals surface area contributed by atoms with Crippen LogP contribution in [0.15, 0.2) is 66.7 Å². The normalized spacial score (nSPS) is 14.9. The first-order chi connectivity index (χ1) is 15.2. The van der Waals surface area contributed by atoms with Crippen LogP contribution in [0.5, 0.6) is 0 Å². The fourth-order valence-corrected chi connectivity index (χ4v) is 4.30. The summed E-state index contributed by atoms with van der Waals surface area (Å²) in [6.07, 6.45) is 0.436. The lowest BCUT2D eigenvalue weighted by Gasteiger charge is -2.34. The summed E-state index contributed by atoms with van der Waals surface area (Å²) in [7, 11) is 0. The molecule has 0 radical (unpaired) electrons. The van der Waals surface area contributed by atoms with Crippen LogP contribution in [-0.4, -0.2) is 51.9 Å². The molecular weight excluding hydrogens is 386 g/mol. The highest BCUT2D eigenvalue weighted by Crippen LogP contribution is 2.21. The molecular formula is C25H25N5O. The number of benzene rings is 3. The van der Waals surface area contributed by atoms with E-state index in [-0.39, 0.29) is 5.91 Å². The molecule has 1 aliphatic heterocycles. The average Bonchev–Trinajstić information content (AvgIpc) is 2.80. The molecule has 4 aromatic rings. The number of aromatic nitrogens is 2. The first-order valence-electron chi connectivity index (χ1n) is 10.7. The molecule has 5 rings (SSSR count). The van der Waals surface area contributed by atoms with Gasteiger partial charge in [0, 0.05) is 31.6 Å². The van der Waals surface area contributed by atoms with E-state index < -0.39 is 0 Å². The van der Waals surface area contributed by atoms with E-state index in [1.54, 1.807) is 0 Å². The SMILES string of the molecule is Nc1nc(CN2CCN(C(=O)Cc3cccc4ccccc34)CC2)nc2ccccc12. The van der Waals surface area contributed by atoms with Crippen LogP contribution in [0, 0.1) is 0 Å². The molecule has 156 valence electrons. The number of nitrogens with two attached hydrogens (primary N) is 1. The summed E-state index contributed by atoms with van der Waals surface area (Å²) < 4.78 is 0. The van der Waals surface area contributed by atoms with Crippen molar-refractivity contribution in [1.82, 2.24) is 19.8 Å². The molecule has 1 amide bonds. The van der Waals surface area contributed by atoms with Crippen molar-refractivity contribution in [3.63, 3.8) is 0 Å². The molecule has 2 N–H and O–H groups in total. The van der Waals surface area contributed by atoms with Gasteiger partial charge >= 0.3 is 0 Å². The molecule has 1 saturated heterocycles. The van der Waals surface area contributed by atoms with Crippen molar-refractivity contribution < 1.29 is 4.79 Å². The lowest BCUT2D eigenvalue weighted by Crippen LogP contribution is -2.48. The molecule has 0 atom stereocenters. The minimum absolute atomic E-state index is 0.183. The largest absolute Gasteiger partial charge is 0.383 e. The van der Waals surface area contributed by atoms with Gasteiger partial charge in [-0.1, -0.05) is 54.6 Å². The van der Waals surface area contributed by atoms with Gasteiger partial charge in [0.15, 0.2) is 0 Å². The van der Waals surface area contributed by atoms with Gasteiger partial charge in [0.1, 0.15) is 11.6 Å². The number of rotatable bonds is 4. The lowest BCUT2D eigenvalue weighted by molar-refractivity contribution is -0.132. The topological polar surface area (TPSA) is 75.3 Å². The van der Waals surface area contributed by atoms with Crippen LogP contribution < -0.4 is 5.73 Å². The first kappa shape index (κ1) is 19.5. The summed E-state index contributed by atoms with van der Waals surface area (Å²) >= 11 is 0. The molecule has 6 heteroatoms. The van der Waals surface area contributed by atoms with Crippen LogP contribution in [0.25, 0.3) is 21.7 Å². The first-order valence-corrected chi connectivity index (χ1v) is 10.7. The number of nitrogens with zero attached hydrogens (tertiary/aromatic N) is 4. The summed E-state index contributed by atoms with van der Waals surface area (Å²) in [5, 5.41) is 3.21. The second kappa shape index (κ2) is 8.32. The quantitative estimate of drug-likeness (QED) is 0.558. The van der Waals surface area contributed by atoms with Crippen LogP contribution in [0.4, 0.5) is 5.82 Å². The van der Waals surface area contributed by atoms with E-state index in [0.29, 0.717) is 31.9 Å². The van der Waals surface area contributed by atoms with E-state index in [0.717, 1.165) is 40.8 Å². The predicted molar refractivity (Wildman–Crippen MR) is 123 cm³/mol. The number of para-hydroxylation sites is 1. The zero-order valence-electron chi connectivity index (χ0n) is 17.4. The number of amides is 1. The van der Waals surface area contributed by atoms with Gasteiger partial charge in [-0.3, -0.25) is 9.69 Å². The molecule has 0 spiro atoms. The Balaban J connectivity index is 1.22. The number of carbonyl (C=O) groups excluding carboxylic acids is 1. The number of piperazine rings is 1. The second-order valence-corrected chi connectivity index (χ2v) is 8.01. The highest BCUT2D eigenvalue weighted by Gasteiger charge is 2.22. The Bertz CT molecular complexity index is 1240. The summed E-state index contributed by atoms with van der Waals surface area (Å²) in [6.45, 7) is 3.68. The molecule has 0 saturated carbocycles. The Kier molecular flexibility index (Phi) is 5.22. The standard InChI is InChI=1S/C25H25N5O/c26-25-21-10-3-4-11-22(21)27-23(28-25)17-29-12-14-30(15-13-29)24(31)16-19-8-5-7-18-6-1-2-9-20(18)19/h1-11H,12-17H2,(H2,26,27,28). The van der Waals surface area contributed by atoms with Crippen LogP contribution in [-0.2, 0) is 17.8 Å². The van der Waals surface area contributed by atoms with Gasteiger partial charge in [0.25, 0.3) is 0 Å². The zero-order chi connectivity index (χ0) is 21.2. The number of hydrogen-bond acceptors (Lipinski definition) is 5.